The van der Waals surface area contributed by atoms with Crippen LogP contribution in [0.4, 0.5) is 0 Å². The molecule has 0 saturated carbocycles. The summed E-state index contributed by atoms with van der Waals surface area (Å²) in [5.74, 6) is -1.10. The second kappa shape index (κ2) is 6.66. The van der Waals surface area contributed by atoms with E-state index in [2.05, 4.69) is 15.5 Å². The summed E-state index contributed by atoms with van der Waals surface area (Å²) in [5, 5.41) is 6.22. The van der Waals surface area contributed by atoms with Crippen LogP contribution in [0.3, 0.4) is 0 Å². The quantitative estimate of drug-likeness (QED) is 0.273. The fourth-order valence-corrected chi connectivity index (χ4v) is 1.91. The Bertz CT molecular complexity index is 241. The lowest BCUT2D eigenvalue weighted by atomic mass is 10.3. The van der Waals surface area contributed by atoms with Gasteiger partial charge in [-0.05, 0) is 0 Å². The van der Waals surface area contributed by atoms with Crippen LogP contribution in [0.1, 0.15) is 0 Å². The van der Waals surface area contributed by atoms with Gasteiger partial charge in [0.05, 0.1) is 0 Å². The van der Waals surface area contributed by atoms with E-state index in [-0.39, 0.29) is 6.54 Å². The lowest BCUT2D eigenvalue weighted by molar-refractivity contribution is 0.241. The predicted molar refractivity (Wildman–Crippen MR) is 62.2 cm³/mol. The van der Waals surface area contributed by atoms with E-state index in [1.807, 2.05) is 0 Å². The molecule has 1 aliphatic heterocycles. The van der Waals surface area contributed by atoms with Crippen molar-refractivity contribution in [3.05, 3.63) is 0 Å². The van der Waals surface area contributed by atoms with E-state index in [1.54, 1.807) is 0 Å². The molecule has 1 saturated heterocycles. The number of nitrogens with one attached hydrogen (secondary N) is 2. The van der Waals surface area contributed by atoms with Crippen molar-refractivity contribution in [1.82, 2.24) is 15.5 Å². The minimum absolute atomic E-state index is 0.149. The van der Waals surface area contributed by atoms with Crippen LogP contribution in [0, 0.1) is 0 Å². The standard InChI is InChI=1S/C8H21N4O3P/c9-8(16(13,14)15)7-11-3-6-12-4-1-10-2-5-12/h8,10-11H,1-7,9H2,(H2,13,14,15)/t8-/m0/s1. The van der Waals surface area contributed by atoms with Gasteiger partial charge in [-0.25, -0.2) is 0 Å². The van der Waals surface area contributed by atoms with Crippen LogP contribution in [0.5, 0.6) is 0 Å². The first-order valence-electron chi connectivity index (χ1n) is 5.45. The fraction of sp³-hybridized carbons (Fsp3) is 1.00. The maximum Gasteiger partial charge on any atom is 0.343 e. The molecule has 16 heavy (non-hydrogen) atoms. The van der Waals surface area contributed by atoms with E-state index < -0.39 is 13.4 Å². The first kappa shape index (κ1) is 14.1. The van der Waals surface area contributed by atoms with Crippen molar-refractivity contribution < 1.29 is 14.4 Å². The van der Waals surface area contributed by atoms with Gasteiger partial charge in [0.25, 0.3) is 0 Å². The Labute approximate surface area is 95.5 Å². The average Bonchev–Trinajstić information content (AvgIpc) is 2.24. The molecule has 8 heteroatoms. The predicted octanol–water partition coefficient (Wildman–Crippen LogP) is -2.06. The summed E-state index contributed by atoms with van der Waals surface area (Å²) >= 11 is 0. The molecule has 0 aliphatic carbocycles. The van der Waals surface area contributed by atoms with Crippen LogP contribution in [0.25, 0.3) is 0 Å². The van der Waals surface area contributed by atoms with Crippen molar-refractivity contribution >= 4 is 7.60 Å². The first-order chi connectivity index (χ1) is 7.50. The fourth-order valence-electron chi connectivity index (χ4n) is 1.54. The first-order valence-corrected chi connectivity index (χ1v) is 7.13. The lowest BCUT2D eigenvalue weighted by Crippen LogP contribution is -2.46. The summed E-state index contributed by atoms with van der Waals surface area (Å²) in [6, 6.07) is 0. The second-order valence-corrected chi connectivity index (χ2v) is 5.79. The molecule has 6 N–H and O–H groups in total. The van der Waals surface area contributed by atoms with Crippen molar-refractivity contribution in [2.24, 2.45) is 5.73 Å². The molecule has 0 spiro atoms. The summed E-state index contributed by atoms with van der Waals surface area (Å²) in [5.41, 5.74) is 5.32. The molecule has 0 amide bonds. The van der Waals surface area contributed by atoms with E-state index in [1.165, 1.54) is 0 Å². The van der Waals surface area contributed by atoms with Gasteiger partial charge < -0.3 is 26.2 Å². The monoisotopic (exact) mass is 252 g/mol. The Morgan fingerprint density at radius 3 is 2.62 bits per heavy atom. The Morgan fingerprint density at radius 1 is 1.44 bits per heavy atom. The highest BCUT2D eigenvalue weighted by molar-refractivity contribution is 7.52. The highest BCUT2D eigenvalue weighted by Crippen LogP contribution is 2.37. The zero-order valence-electron chi connectivity index (χ0n) is 9.30. The number of piperazine rings is 1. The van der Waals surface area contributed by atoms with E-state index in [4.69, 9.17) is 15.5 Å². The molecule has 96 valence electrons. The summed E-state index contributed by atoms with van der Waals surface area (Å²) in [6.45, 7) is 5.78. The Morgan fingerprint density at radius 2 is 2.06 bits per heavy atom. The van der Waals surface area contributed by atoms with Gasteiger partial charge in [-0.3, -0.25) is 9.46 Å². The van der Waals surface area contributed by atoms with Crippen LogP contribution in [-0.4, -0.2) is 66.3 Å². The van der Waals surface area contributed by atoms with Gasteiger partial charge in [0, 0.05) is 45.8 Å². The lowest BCUT2D eigenvalue weighted by Gasteiger charge is -2.27. The van der Waals surface area contributed by atoms with E-state index in [9.17, 15) is 4.57 Å². The van der Waals surface area contributed by atoms with Gasteiger partial charge in [0.2, 0.25) is 0 Å². The average molecular weight is 252 g/mol. The summed E-state index contributed by atoms with van der Waals surface area (Å²) in [4.78, 5) is 19.8. The van der Waals surface area contributed by atoms with E-state index >= 15 is 0 Å². The SMILES string of the molecule is N[C@H](CNCCN1CCNCC1)P(=O)(O)O. The van der Waals surface area contributed by atoms with Gasteiger partial charge in [0.1, 0.15) is 5.78 Å². The zero-order chi connectivity index (χ0) is 12.0. The van der Waals surface area contributed by atoms with Crippen LogP contribution in [0.2, 0.25) is 0 Å². The molecule has 0 aromatic carbocycles. The summed E-state index contributed by atoms with van der Waals surface area (Å²) < 4.78 is 10.7. The second-order valence-electron chi connectivity index (χ2n) is 3.95. The molecule has 1 aliphatic rings. The Balaban J connectivity index is 2.05. The third-order valence-corrected chi connectivity index (χ3v) is 3.65. The van der Waals surface area contributed by atoms with Crippen LogP contribution in [-0.2, 0) is 4.57 Å². The number of rotatable bonds is 6. The highest BCUT2D eigenvalue weighted by atomic mass is 31.2. The van der Waals surface area contributed by atoms with Gasteiger partial charge in [-0.15, -0.1) is 0 Å². The maximum absolute atomic E-state index is 10.7. The molecule has 1 atom stereocenters. The highest BCUT2D eigenvalue weighted by Gasteiger charge is 2.23. The number of hydrogen-bond donors (Lipinski definition) is 5. The van der Waals surface area contributed by atoms with Crippen LogP contribution in [0.15, 0.2) is 0 Å². The number of nitrogens with zero attached hydrogens (tertiary/aromatic N) is 1. The van der Waals surface area contributed by atoms with E-state index in [0.29, 0.717) is 6.54 Å². The molecule has 1 rings (SSSR count). The van der Waals surface area contributed by atoms with Crippen LogP contribution >= 0.6 is 7.60 Å². The third kappa shape index (κ3) is 5.36. The zero-order valence-corrected chi connectivity index (χ0v) is 10.2. The largest absolute Gasteiger partial charge is 0.343 e. The topological polar surface area (TPSA) is 111 Å². The molecular formula is C8H21N4O3P. The Kier molecular flexibility index (Phi) is 5.85. The van der Waals surface area contributed by atoms with Crippen molar-refractivity contribution in [2.45, 2.75) is 5.78 Å². The normalized spacial score (nSPS) is 20.9. The summed E-state index contributed by atoms with van der Waals surface area (Å²) in [7, 11) is -4.14. The number of hydrogen-bond acceptors (Lipinski definition) is 5. The number of nitrogens with two attached hydrogens (primary N) is 1. The minimum Gasteiger partial charge on any atom is -0.323 e. The maximum atomic E-state index is 10.7. The van der Waals surface area contributed by atoms with Crippen molar-refractivity contribution in [1.29, 1.82) is 0 Å². The molecule has 0 radical (unpaired) electrons. The Hall–Kier alpha value is -0.0100. The van der Waals surface area contributed by atoms with E-state index in [0.717, 1.165) is 32.7 Å². The molecular weight excluding hydrogens is 231 g/mol. The van der Waals surface area contributed by atoms with Crippen molar-refractivity contribution in [3.8, 4) is 0 Å². The molecule has 0 aromatic heterocycles. The van der Waals surface area contributed by atoms with Gasteiger partial charge in [0.15, 0.2) is 0 Å². The minimum atomic E-state index is -4.14. The smallest absolute Gasteiger partial charge is 0.323 e. The molecule has 1 heterocycles. The van der Waals surface area contributed by atoms with Gasteiger partial charge >= 0.3 is 7.60 Å². The molecule has 0 unspecified atom stereocenters. The van der Waals surface area contributed by atoms with Crippen LogP contribution < -0.4 is 16.4 Å². The summed E-state index contributed by atoms with van der Waals surface area (Å²) in [6.07, 6.45) is 0. The van der Waals surface area contributed by atoms with Gasteiger partial charge in [-0.1, -0.05) is 0 Å². The van der Waals surface area contributed by atoms with Crippen molar-refractivity contribution in [2.75, 3.05) is 45.8 Å². The van der Waals surface area contributed by atoms with Gasteiger partial charge in [-0.2, -0.15) is 0 Å². The molecule has 0 bridgehead atoms. The molecule has 0 aromatic rings. The molecule has 7 nitrogen and oxygen atoms in total. The third-order valence-electron chi connectivity index (χ3n) is 2.60. The molecule has 1 fully saturated rings. The van der Waals surface area contributed by atoms with Crippen molar-refractivity contribution in [3.63, 3.8) is 0 Å².